The summed E-state index contributed by atoms with van der Waals surface area (Å²) >= 11 is 0. The molecular weight excluding hydrogens is 244 g/mol. The summed E-state index contributed by atoms with van der Waals surface area (Å²) in [5, 5.41) is 3.70. The number of rotatable bonds is 8. The lowest BCUT2D eigenvalue weighted by Gasteiger charge is -2.29. The highest BCUT2D eigenvalue weighted by Gasteiger charge is 2.30. The first-order valence-electron chi connectivity index (χ1n) is 8.20. The Morgan fingerprint density at radius 3 is 2.60 bits per heavy atom. The molecule has 0 aromatic heterocycles. The lowest BCUT2D eigenvalue weighted by molar-refractivity contribution is 0.234. The molecule has 0 radical (unpaired) electrons. The number of aryl methyl sites for hydroxylation is 2. The molecule has 2 heteroatoms. The second kappa shape index (κ2) is 7.24. The van der Waals surface area contributed by atoms with E-state index >= 15 is 0 Å². The van der Waals surface area contributed by atoms with E-state index in [2.05, 4.69) is 56.1 Å². The fraction of sp³-hybridized carbons (Fsp3) is 0.667. The molecule has 0 spiro atoms. The van der Waals surface area contributed by atoms with E-state index in [1.54, 1.807) is 0 Å². The van der Waals surface area contributed by atoms with Gasteiger partial charge in [-0.25, -0.2) is 0 Å². The first-order chi connectivity index (χ1) is 9.65. The van der Waals surface area contributed by atoms with Crippen molar-refractivity contribution in [3.05, 3.63) is 34.9 Å². The summed E-state index contributed by atoms with van der Waals surface area (Å²) in [5.41, 5.74) is 4.25. The number of nitrogens with one attached hydrogen (secondary N) is 1. The Labute approximate surface area is 124 Å². The van der Waals surface area contributed by atoms with Gasteiger partial charge >= 0.3 is 0 Å². The van der Waals surface area contributed by atoms with E-state index in [1.807, 2.05) is 0 Å². The van der Waals surface area contributed by atoms with Crippen molar-refractivity contribution in [1.29, 1.82) is 0 Å². The van der Waals surface area contributed by atoms with Crippen LogP contribution in [0.15, 0.2) is 18.2 Å². The number of nitrogens with zero attached hydrogens (tertiary/aromatic N) is 1. The first kappa shape index (κ1) is 15.5. The fourth-order valence-corrected chi connectivity index (χ4v) is 3.04. The largest absolute Gasteiger partial charge is 0.309 e. The molecule has 1 atom stereocenters. The molecular formula is C18H30N2. The van der Waals surface area contributed by atoms with Crippen molar-refractivity contribution in [3.63, 3.8) is 0 Å². The Bertz CT molecular complexity index is 423. The van der Waals surface area contributed by atoms with Crippen molar-refractivity contribution in [3.8, 4) is 0 Å². The van der Waals surface area contributed by atoms with Crippen LogP contribution in [0.4, 0.5) is 0 Å². The topological polar surface area (TPSA) is 15.3 Å². The van der Waals surface area contributed by atoms with Gasteiger partial charge in [0.05, 0.1) is 0 Å². The molecule has 1 aromatic carbocycles. The maximum Gasteiger partial charge on any atom is 0.0452 e. The molecule has 1 N–H and O–H groups in total. The normalized spacial score (nSPS) is 16.6. The Morgan fingerprint density at radius 2 is 2.00 bits per heavy atom. The molecule has 2 rings (SSSR count). The molecule has 1 fully saturated rings. The smallest absolute Gasteiger partial charge is 0.0452 e. The monoisotopic (exact) mass is 274 g/mol. The van der Waals surface area contributed by atoms with Gasteiger partial charge in [-0.1, -0.05) is 37.6 Å². The Kier molecular flexibility index (Phi) is 5.62. The molecule has 1 unspecified atom stereocenters. The third-order valence-electron chi connectivity index (χ3n) is 4.25. The summed E-state index contributed by atoms with van der Waals surface area (Å²) in [7, 11) is 0. The summed E-state index contributed by atoms with van der Waals surface area (Å²) in [5.74, 6) is 0. The van der Waals surface area contributed by atoms with Gasteiger partial charge in [-0.05, 0) is 57.3 Å². The molecule has 2 nitrogen and oxygen atoms in total. The number of hydrogen-bond acceptors (Lipinski definition) is 2. The molecule has 0 amide bonds. The minimum atomic E-state index is 0.465. The molecule has 1 aromatic rings. The van der Waals surface area contributed by atoms with E-state index < -0.39 is 0 Å². The van der Waals surface area contributed by atoms with Crippen molar-refractivity contribution in [1.82, 2.24) is 10.2 Å². The lowest BCUT2D eigenvalue weighted by Crippen LogP contribution is -2.37. The average Bonchev–Trinajstić information content (AvgIpc) is 3.25. The molecule has 0 saturated heterocycles. The summed E-state index contributed by atoms with van der Waals surface area (Å²) in [6.07, 6.45) is 4.04. The van der Waals surface area contributed by atoms with Crippen LogP contribution in [0, 0.1) is 13.8 Å². The van der Waals surface area contributed by atoms with Crippen LogP contribution >= 0.6 is 0 Å². The fourth-order valence-electron chi connectivity index (χ4n) is 3.04. The summed E-state index contributed by atoms with van der Waals surface area (Å²) in [6.45, 7) is 12.3. The van der Waals surface area contributed by atoms with E-state index in [4.69, 9.17) is 0 Å². The molecule has 0 bridgehead atoms. The average molecular weight is 274 g/mol. The minimum Gasteiger partial charge on any atom is -0.309 e. The third kappa shape index (κ3) is 4.07. The third-order valence-corrected chi connectivity index (χ3v) is 4.25. The van der Waals surface area contributed by atoms with Crippen molar-refractivity contribution in [2.24, 2.45) is 0 Å². The predicted molar refractivity (Wildman–Crippen MR) is 87.2 cm³/mol. The highest BCUT2D eigenvalue weighted by Crippen LogP contribution is 2.29. The van der Waals surface area contributed by atoms with Gasteiger partial charge in [0, 0.05) is 18.6 Å². The van der Waals surface area contributed by atoms with Gasteiger partial charge < -0.3 is 5.32 Å². The van der Waals surface area contributed by atoms with Crippen LogP contribution in [-0.4, -0.2) is 30.6 Å². The van der Waals surface area contributed by atoms with Gasteiger partial charge in [-0.2, -0.15) is 0 Å². The number of hydrogen-bond donors (Lipinski definition) is 1. The van der Waals surface area contributed by atoms with Crippen molar-refractivity contribution < 1.29 is 0 Å². The van der Waals surface area contributed by atoms with Crippen LogP contribution in [0.5, 0.6) is 0 Å². The second-order valence-corrected chi connectivity index (χ2v) is 6.20. The zero-order valence-corrected chi connectivity index (χ0v) is 13.6. The van der Waals surface area contributed by atoms with Crippen LogP contribution in [-0.2, 0) is 0 Å². The maximum absolute atomic E-state index is 3.70. The van der Waals surface area contributed by atoms with Crippen LogP contribution in [0.2, 0.25) is 0 Å². The van der Waals surface area contributed by atoms with Crippen molar-refractivity contribution >= 4 is 0 Å². The van der Waals surface area contributed by atoms with E-state index in [1.165, 1.54) is 42.5 Å². The lowest BCUT2D eigenvalue weighted by atomic mass is 9.98. The van der Waals surface area contributed by atoms with Crippen LogP contribution in [0.25, 0.3) is 0 Å². The molecule has 1 aliphatic rings. The summed E-state index contributed by atoms with van der Waals surface area (Å²) in [6, 6.07) is 8.15. The van der Waals surface area contributed by atoms with E-state index in [9.17, 15) is 0 Å². The SMILES string of the molecule is CCCN(CC(NCC)c1cc(C)ccc1C)C1CC1. The van der Waals surface area contributed by atoms with Gasteiger partial charge in [-0.3, -0.25) is 4.90 Å². The van der Waals surface area contributed by atoms with Gasteiger partial charge in [0.1, 0.15) is 0 Å². The van der Waals surface area contributed by atoms with Crippen molar-refractivity contribution in [2.45, 2.75) is 59.0 Å². The Hall–Kier alpha value is -0.860. The quantitative estimate of drug-likeness (QED) is 0.775. The Morgan fingerprint density at radius 1 is 1.25 bits per heavy atom. The second-order valence-electron chi connectivity index (χ2n) is 6.20. The molecule has 0 aliphatic heterocycles. The molecule has 20 heavy (non-hydrogen) atoms. The molecule has 1 aliphatic carbocycles. The van der Waals surface area contributed by atoms with E-state index in [-0.39, 0.29) is 0 Å². The minimum absolute atomic E-state index is 0.465. The zero-order valence-electron chi connectivity index (χ0n) is 13.6. The standard InChI is InChI=1S/C18H30N2/c1-5-11-20(16-9-10-16)13-18(19-6-2)17-12-14(3)7-8-15(17)4/h7-8,12,16,18-19H,5-6,9-11,13H2,1-4H3. The summed E-state index contributed by atoms with van der Waals surface area (Å²) < 4.78 is 0. The van der Waals surface area contributed by atoms with Gasteiger partial charge in [0.2, 0.25) is 0 Å². The van der Waals surface area contributed by atoms with E-state index in [0.717, 1.165) is 19.1 Å². The predicted octanol–water partition coefficient (Wildman–Crippen LogP) is 3.83. The zero-order chi connectivity index (χ0) is 14.5. The highest BCUT2D eigenvalue weighted by molar-refractivity contribution is 5.33. The van der Waals surface area contributed by atoms with Crippen LogP contribution < -0.4 is 5.32 Å². The number of benzene rings is 1. The molecule has 0 heterocycles. The van der Waals surface area contributed by atoms with Gasteiger partial charge in [0.15, 0.2) is 0 Å². The molecule has 1 saturated carbocycles. The van der Waals surface area contributed by atoms with Gasteiger partial charge in [-0.15, -0.1) is 0 Å². The summed E-state index contributed by atoms with van der Waals surface area (Å²) in [4.78, 5) is 2.69. The van der Waals surface area contributed by atoms with Crippen LogP contribution in [0.3, 0.4) is 0 Å². The first-order valence-corrected chi connectivity index (χ1v) is 8.20. The molecule has 112 valence electrons. The van der Waals surface area contributed by atoms with Gasteiger partial charge in [0.25, 0.3) is 0 Å². The Balaban J connectivity index is 2.14. The number of likely N-dealkylation sites (N-methyl/N-ethyl adjacent to an activating group) is 1. The van der Waals surface area contributed by atoms with Crippen LogP contribution in [0.1, 0.15) is 55.8 Å². The van der Waals surface area contributed by atoms with Crippen molar-refractivity contribution in [2.75, 3.05) is 19.6 Å². The maximum atomic E-state index is 3.70. The van der Waals surface area contributed by atoms with E-state index in [0.29, 0.717) is 6.04 Å². The highest BCUT2D eigenvalue weighted by atomic mass is 15.2.